The van der Waals surface area contributed by atoms with Crippen LogP contribution in [0.5, 0.6) is 0 Å². The summed E-state index contributed by atoms with van der Waals surface area (Å²) < 4.78 is 56.7. The second kappa shape index (κ2) is 11.8. The minimum absolute atomic E-state index is 0.0889. The highest BCUT2D eigenvalue weighted by atomic mass is 32.2. The van der Waals surface area contributed by atoms with Crippen LogP contribution in [0.1, 0.15) is 0 Å². The normalized spacial score (nSPS) is 12.1. The lowest BCUT2D eigenvalue weighted by molar-refractivity contribution is 0.591. The lowest BCUT2D eigenvalue weighted by Crippen LogP contribution is -2.25. The molecule has 0 saturated carbocycles. The van der Waals surface area contributed by atoms with Crippen LogP contribution in [0.25, 0.3) is 0 Å². The molecule has 0 aliphatic carbocycles. The van der Waals surface area contributed by atoms with Crippen molar-refractivity contribution >= 4 is 55.9 Å². The van der Waals surface area contributed by atoms with Crippen molar-refractivity contribution < 1.29 is 17.5 Å². The summed E-state index contributed by atoms with van der Waals surface area (Å²) in [6.45, 7) is 0. The van der Waals surface area contributed by atoms with Crippen LogP contribution in [0, 0.1) is 0 Å². The van der Waals surface area contributed by atoms with E-state index in [9.17, 15) is 17.5 Å². The van der Waals surface area contributed by atoms with Crippen molar-refractivity contribution in [2.75, 3.05) is 0 Å². The molecular formula is C36H28O4P2S. The Morgan fingerprint density at radius 2 is 0.512 bits per heavy atom. The average Bonchev–Trinajstić information content (AvgIpc) is 3.09. The molecule has 0 spiro atoms. The maximum atomic E-state index is 14.6. The summed E-state index contributed by atoms with van der Waals surface area (Å²) in [6.07, 6.45) is 0. The first-order valence-electron chi connectivity index (χ1n) is 13.7. The summed E-state index contributed by atoms with van der Waals surface area (Å²) in [7, 11) is -10.4. The van der Waals surface area contributed by atoms with Gasteiger partial charge in [0.15, 0.2) is 14.3 Å². The van der Waals surface area contributed by atoms with E-state index < -0.39 is 24.1 Å². The molecule has 43 heavy (non-hydrogen) atoms. The predicted molar refractivity (Wildman–Crippen MR) is 177 cm³/mol. The summed E-state index contributed by atoms with van der Waals surface area (Å²) in [5.74, 6) is 0. The van der Waals surface area contributed by atoms with Gasteiger partial charge in [0.05, 0.1) is 9.79 Å². The maximum absolute atomic E-state index is 14.6. The third-order valence-corrected chi connectivity index (χ3v) is 15.4. The Balaban J connectivity index is 1.37. The molecule has 0 aliphatic rings. The average molecular weight is 619 g/mol. The van der Waals surface area contributed by atoms with Crippen molar-refractivity contribution in [3.05, 3.63) is 170 Å². The zero-order valence-corrected chi connectivity index (χ0v) is 25.7. The van der Waals surface area contributed by atoms with Crippen LogP contribution >= 0.6 is 14.3 Å². The van der Waals surface area contributed by atoms with Gasteiger partial charge in [-0.25, -0.2) is 8.42 Å². The largest absolute Gasteiger partial charge is 0.309 e. The molecule has 0 saturated heterocycles. The Kier molecular flexibility index (Phi) is 7.90. The minimum atomic E-state index is -3.90. The Bertz CT molecular complexity index is 1810. The quantitative estimate of drug-likeness (QED) is 0.202. The topological polar surface area (TPSA) is 68.3 Å². The third kappa shape index (κ3) is 5.26. The minimum Gasteiger partial charge on any atom is -0.309 e. The summed E-state index contributed by atoms with van der Waals surface area (Å²) in [5, 5.41) is 3.79. The summed E-state index contributed by atoms with van der Waals surface area (Å²) in [4.78, 5) is 0.178. The van der Waals surface area contributed by atoms with Crippen molar-refractivity contribution in [2.24, 2.45) is 0 Å². The van der Waals surface area contributed by atoms with Crippen molar-refractivity contribution in [3.63, 3.8) is 0 Å². The zero-order chi connectivity index (χ0) is 29.9. The molecule has 0 radical (unpaired) electrons. The molecular weight excluding hydrogens is 590 g/mol. The van der Waals surface area contributed by atoms with E-state index in [0.717, 1.165) is 0 Å². The van der Waals surface area contributed by atoms with Gasteiger partial charge in [0.2, 0.25) is 9.84 Å². The Morgan fingerprint density at radius 3 is 0.744 bits per heavy atom. The van der Waals surface area contributed by atoms with Crippen LogP contribution in [-0.4, -0.2) is 8.42 Å². The van der Waals surface area contributed by atoms with E-state index in [1.165, 1.54) is 24.3 Å². The number of hydrogen-bond acceptors (Lipinski definition) is 4. The van der Waals surface area contributed by atoms with Gasteiger partial charge >= 0.3 is 0 Å². The first kappa shape index (κ1) is 28.8. The maximum Gasteiger partial charge on any atom is 0.206 e. The van der Waals surface area contributed by atoms with Gasteiger partial charge in [-0.15, -0.1) is 0 Å². The monoisotopic (exact) mass is 618 g/mol. The molecule has 4 nitrogen and oxygen atoms in total. The molecule has 0 heterocycles. The molecule has 0 amide bonds. The fourth-order valence-electron chi connectivity index (χ4n) is 5.25. The lowest BCUT2D eigenvalue weighted by Gasteiger charge is -2.21. The van der Waals surface area contributed by atoms with Gasteiger partial charge in [-0.1, -0.05) is 121 Å². The molecule has 0 N–H and O–H groups in total. The molecule has 0 aromatic heterocycles. The van der Waals surface area contributed by atoms with E-state index in [4.69, 9.17) is 0 Å². The molecule has 6 aromatic rings. The van der Waals surface area contributed by atoms with Crippen LogP contribution in [0.15, 0.2) is 180 Å². The summed E-state index contributed by atoms with van der Waals surface area (Å²) in [5.41, 5.74) is 0. The van der Waals surface area contributed by atoms with Crippen molar-refractivity contribution in [1.82, 2.24) is 0 Å². The highest BCUT2D eigenvalue weighted by Crippen LogP contribution is 2.43. The van der Waals surface area contributed by atoms with E-state index in [2.05, 4.69) is 0 Å². The highest BCUT2D eigenvalue weighted by Gasteiger charge is 2.32. The lowest BCUT2D eigenvalue weighted by atomic mass is 10.3. The van der Waals surface area contributed by atoms with Crippen LogP contribution in [0.4, 0.5) is 0 Å². The molecule has 212 valence electrons. The smallest absolute Gasteiger partial charge is 0.206 e. The van der Waals surface area contributed by atoms with E-state index in [1.807, 2.05) is 121 Å². The van der Waals surface area contributed by atoms with Crippen molar-refractivity contribution in [2.45, 2.75) is 9.79 Å². The second-order valence-electron chi connectivity index (χ2n) is 10.1. The van der Waals surface area contributed by atoms with Gasteiger partial charge < -0.3 is 9.13 Å². The number of rotatable bonds is 8. The van der Waals surface area contributed by atoms with E-state index in [1.54, 1.807) is 24.3 Å². The highest BCUT2D eigenvalue weighted by molar-refractivity contribution is 7.91. The van der Waals surface area contributed by atoms with Gasteiger partial charge in [0, 0.05) is 31.8 Å². The number of benzene rings is 6. The van der Waals surface area contributed by atoms with E-state index in [-0.39, 0.29) is 9.79 Å². The molecule has 0 fully saturated rings. The van der Waals surface area contributed by atoms with Gasteiger partial charge in [0.25, 0.3) is 0 Å². The number of sulfone groups is 1. The fraction of sp³-hybridized carbons (Fsp3) is 0. The Labute approximate surface area is 252 Å². The predicted octanol–water partition coefficient (Wildman–Crippen LogP) is 5.80. The standard InChI is InChI=1S/C36H28O4P2S/c37-41(29-13-5-1-6-14-29,30-15-7-2-8-16-30)33-21-25-35(26-22-33)43(39,40)36-27-23-34(24-28-36)42(38,31-17-9-3-10-18-31)32-19-11-4-12-20-32/h1-28H. The number of hydrogen-bond donors (Lipinski definition) is 0. The second-order valence-corrected chi connectivity index (χ2v) is 17.5. The Hall–Kier alpha value is -4.27. The van der Waals surface area contributed by atoms with E-state index >= 15 is 0 Å². The SMILES string of the molecule is O=P(c1ccccc1)(c1ccccc1)c1ccc(S(=O)(=O)c2ccc(P(=O)(c3ccccc3)c3ccccc3)cc2)cc1. The van der Waals surface area contributed by atoms with Crippen molar-refractivity contribution in [3.8, 4) is 0 Å². The van der Waals surface area contributed by atoms with Crippen LogP contribution in [-0.2, 0) is 19.0 Å². The van der Waals surface area contributed by atoms with Crippen LogP contribution < -0.4 is 31.8 Å². The molecule has 0 atom stereocenters. The van der Waals surface area contributed by atoms with Gasteiger partial charge in [0.1, 0.15) is 0 Å². The molecule has 7 heteroatoms. The van der Waals surface area contributed by atoms with E-state index in [0.29, 0.717) is 31.8 Å². The molecule has 0 aliphatic heterocycles. The van der Waals surface area contributed by atoms with Crippen molar-refractivity contribution in [1.29, 1.82) is 0 Å². The summed E-state index contributed by atoms with van der Waals surface area (Å²) >= 11 is 0. The zero-order valence-electron chi connectivity index (χ0n) is 23.1. The van der Waals surface area contributed by atoms with Gasteiger partial charge in [-0.2, -0.15) is 0 Å². The van der Waals surface area contributed by atoms with Crippen LogP contribution in [0.3, 0.4) is 0 Å². The third-order valence-electron chi connectivity index (χ3n) is 7.50. The summed E-state index contributed by atoms with van der Waals surface area (Å²) in [6, 6.07) is 49.6. The van der Waals surface area contributed by atoms with Gasteiger partial charge in [-0.05, 0) is 48.5 Å². The first-order valence-corrected chi connectivity index (χ1v) is 18.6. The first-order chi connectivity index (χ1) is 20.8. The molecule has 0 bridgehead atoms. The molecule has 0 unspecified atom stereocenters. The molecule has 6 rings (SSSR count). The molecule has 6 aromatic carbocycles. The fourth-order valence-corrected chi connectivity index (χ4v) is 11.8. The van der Waals surface area contributed by atoms with Gasteiger partial charge in [-0.3, -0.25) is 0 Å². The Morgan fingerprint density at radius 1 is 0.302 bits per heavy atom. The van der Waals surface area contributed by atoms with Crippen LogP contribution in [0.2, 0.25) is 0 Å².